The van der Waals surface area contributed by atoms with Gasteiger partial charge in [0, 0.05) is 26.4 Å². The number of alkyl halides is 3. The molecule has 0 unspecified atom stereocenters. The van der Waals surface area contributed by atoms with Gasteiger partial charge in [0.15, 0.2) is 0 Å². The molecule has 0 aromatic carbocycles. The van der Waals surface area contributed by atoms with Gasteiger partial charge in [-0.15, -0.1) is 0 Å². The molecular formula is C6H8Cl3NO. The highest BCUT2D eigenvalue weighted by atomic mass is 35.6. The van der Waals surface area contributed by atoms with Crippen molar-refractivity contribution >= 4 is 40.6 Å². The molecule has 0 N–H and O–H groups in total. The normalized spacial score (nSPS) is 12.1. The number of carbonyl (C=O) groups excluding carboxylic acids is 1. The number of hydrogen-bond donors (Lipinski definition) is 0. The minimum absolute atomic E-state index is 0.545. The van der Waals surface area contributed by atoms with Gasteiger partial charge in [-0.1, -0.05) is 34.8 Å². The highest BCUT2D eigenvalue weighted by Crippen LogP contribution is 2.27. The van der Waals surface area contributed by atoms with Gasteiger partial charge in [-0.3, -0.25) is 4.79 Å². The molecule has 0 spiro atoms. The zero-order chi connectivity index (χ0) is 9.07. The van der Waals surface area contributed by atoms with Crippen molar-refractivity contribution in [2.75, 3.05) is 14.1 Å². The maximum atomic E-state index is 10.9. The van der Waals surface area contributed by atoms with Gasteiger partial charge in [0.25, 0.3) is 3.79 Å². The second-order valence-corrected chi connectivity index (χ2v) is 4.42. The van der Waals surface area contributed by atoms with E-state index in [4.69, 9.17) is 34.8 Å². The average Bonchev–Trinajstić information content (AvgIpc) is 1.80. The number of ketones is 1. The van der Waals surface area contributed by atoms with Crippen LogP contribution in [0.3, 0.4) is 0 Å². The Morgan fingerprint density at radius 2 is 1.82 bits per heavy atom. The lowest BCUT2D eigenvalue weighted by molar-refractivity contribution is -0.113. The molecular weight excluding hydrogens is 208 g/mol. The molecule has 0 bridgehead atoms. The van der Waals surface area contributed by atoms with E-state index in [1.165, 1.54) is 12.3 Å². The van der Waals surface area contributed by atoms with Crippen LogP contribution in [-0.2, 0) is 4.79 Å². The van der Waals surface area contributed by atoms with Gasteiger partial charge in [0.05, 0.1) is 0 Å². The molecule has 0 rings (SSSR count). The molecule has 0 heterocycles. The Morgan fingerprint density at radius 3 is 2.09 bits per heavy atom. The summed E-state index contributed by atoms with van der Waals surface area (Å²) in [5.41, 5.74) is 0. The number of allylic oxidation sites excluding steroid dienone is 1. The molecule has 11 heavy (non-hydrogen) atoms. The molecule has 0 saturated carbocycles. The van der Waals surface area contributed by atoms with Gasteiger partial charge in [-0.25, -0.2) is 0 Å². The summed E-state index contributed by atoms with van der Waals surface area (Å²) < 4.78 is -1.84. The molecule has 0 aliphatic rings. The maximum absolute atomic E-state index is 10.9. The van der Waals surface area contributed by atoms with Crippen molar-refractivity contribution in [3.05, 3.63) is 12.3 Å². The van der Waals surface area contributed by atoms with Gasteiger partial charge in [-0.2, -0.15) is 0 Å². The van der Waals surface area contributed by atoms with Gasteiger partial charge in [-0.05, 0) is 0 Å². The Hall–Kier alpha value is 0.0800. The smallest absolute Gasteiger partial charge is 0.252 e. The summed E-state index contributed by atoms with van der Waals surface area (Å²) >= 11 is 15.8. The first kappa shape index (κ1) is 11.1. The third-order valence-electron chi connectivity index (χ3n) is 0.803. The van der Waals surface area contributed by atoms with Crippen molar-refractivity contribution in [3.63, 3.8) is 0 Å². The fourth-order valence-corrected chi connectivity index (χ4v) is 0.500. The molecule has 0 amide bonds. The van der Waals surface area contributed by atoms with Crippen molar-refractivity contribution in [2.45, 2.75) is 3.79 Å². The summed E-state index contributed by atoms with van der Waals surface area (Å²) in [7, 11) is 3.53. The molecule has 64 valence electrons. The van der Waals surface area contributed by atoms with E-state index in [0.717, 1.165) is 0 Å². The molecule has 5 heteroatoms. The van der Waals surface area contributed by atoms with E-state index in [0.29, 0.717) is 0 Å². The summed E-state index contributed by atoms with van der Waals surface area (Å²) in [6.45, 7) is 0. The highest BCUT2D eigenvalue weighted by molar-refractivity contribution is 6.77. The second-order valence-electron chi connectivity index (χ2n) is 2.14. The van der Waals surface area contributed by atoms with Crippen LogP contribution in [0, 0.1) is 0 Å². The second kappa shape index (κ2) is 4.19. The Morgan fingerprint density at radius 1 is 1.36 bits per heavy atom. The molecule has 0 saturated heterocycles. The van der Waals surface area contributed by atoms with Crippen LogP contribution in [0.5, 0.6) is 0 Å². The van der Waals surface area contributed by atoms with Gasteiger partial charge < -0.3 is 4.90 Å². The van der Waals surface area contributed by atoms with Crippen LogP contribution < -0.4 is 0 Å². The molecule has 0 radical (unpaired) electrons. The Bertz CT molecular complexity index is 171. The SMILES string of the molecule is CN(C)C=CC(=O)C(Cl)(Cl)Cl. The quantitative estimate of drug-likeness (QED) is 0.520. The molecule has 2 nitrogen and oxygen atoms in total. The minimum Gasteiger partial charge on any atom is -0.383 e. The molecule has 0 aliphatic heterocycles. The van der Waals surface area contributed by atoms with Crippen LogP contribution >= 0.6 is 34.8 Å². The van der Waals surface area contributed by atoms with E-state index in [1.807, 2.05) is 0 Å². The molecule has 0 fully saturated rings. The summed E-state index contributed by atoms with van der Waals surface area (Å²) in [4.78, 5) is 12.5. The van der Waals surface area contributed by atoms with Crippen molar-refractivity contribution < 1.29 is 4.79 Å². The first-order valence-corrected chi connectivity index (χ1v) is 3.93. The topological polar surface area (TPSA) is 20.3 Å². The fraction of sp³-hybridized carbons (Fsp3) is 0.500. The van der Waals surface area contributed by atoms with Crippen molar-refractivity contribution in [3.8, 4) is 0 Å². The first-order chi connectivity index (χ1) is 4.84. The maximum Gasteiger partial charge on any atom is 0.252 e. The highest BCUT2D eigenvalue weighted by Gasteiger charge is 2.27. The van der Waals surface area contributed by atoms with E-state index in [9.17, 15) is 4.79 Å². The van der Waals surface area contributed by atoms with E-state index < -0.39 is 9.58 Å². The van der Waals surface area contributed by atoms with Crippen molar-refractivity contribution in [1.29, 1.82) is 0 Å². The Kier molecular flexibility index (Phi) is 4.22. The van der Waals surface area contributed by atoms with E-state index in [1.54, 1.807) is 19.0 Å². The van der Waals surface area contributed by atoms with Crippen LogP contribution in [0.2, 0.25) is 0 Å². The van der Waals surface area contributed by atoms with E-state index in [-0.39, 0.29) is 0 Å². The van der Waals surface area contributed by atoms with Crippen LogP contribution in [0.25, 0.3) is 0 Å². The molecule has 0 aliphatic carbocycles. The van der Waals surface area contributed by atoms with E-state index >= 15 is 0 Å². The van der Waals surface area contributed by atoms with Crippen LogP contribution in [0.4, 0.5) is 0 Å². The third kappa shape index (κ3) is 5.36. The lowest BCUT2D eigenvalue weighted by Gasteiger charge is -2.06. The lowest BCUT2D eigenvalue weighted by Crippen LogP contribution is -2.16. The molecule has 0 aromatic rings. The first-order valence-electron chi connectivity index (χ1n) is 2.80. The van der Waals surface area contributed by atoms with Gasteiger partial charge in [0.2, 0.25) is 5.78 Å². The standard InChI is InChI=1S/C6H8Cl3NO/c1-10(2)4-3-5(11)6(7,8)9/h3-4H,1-2H3. The number of hydrogen-bond acceptors (Lipinski definition) is 2. The van der Waals surface area contributed by atoms with Crippen LogP contribution in [-0.4, -0.2) is 28.6 Å². The number of rotatable bonds is 2. The predicted molar refractivity (Wildman–Crippen MR) is 48.1 cm³/mol. The average molecular weight is 216 g/mol. The monoisotopic (exact) mass is 215 g/mol. The third-order valence-corrected chi connectivity index (χ3v) is 1.36. The van der Waals surface area contributed by atoms with Gasteiger partial charge in [0.1, 0.15) is 0 Å². The van der Waals surface area contributed by atoms with Gasteiger partial charge >= 0.3 is 0 Å². The summed E-state index contributed by atoms with van der Waals surface area (Å²) in [6.07, 6.45) is 2.73. The summed E-state index contributed by atoms with van der Waals surface area (Å²) in [6, 6.07) is 0. The Balaban J connectivity index is 4.09. The van der Waals surface area contributed by atoms with Crippen LogP contribution in [0.15, 0.2) is 12.3 Å². The zero-order valence-corrected chi connectivity index (χ0v) is 8.41. The predicted octanol–water partition coefficient (Wildman–Crippen LogP) is 2.00. The number of halogens is 3. The van der Waals surface area contributed by atoms with Crippen molar-refractivity contribution in [2.24, 2.45) is 0 Å². The lowest BCUT2D eigenvalue weighted by atomic mass is 10.4. The summed E-state index contributed by atoms with van der Waals surface area (Å²) in [5.74, 6) is -0.545. The zero-order valence-electron chi connectivity index (χ0n) is 6.14. The molecule has 0 atom stereocenters. The Labute approximate surface area is 80.7 Å². The fourth-order valence-electron chi connectivity index (χ4n) is 0.311. The minimum atomic E-state index is -1.84. The summed E-state index contributed by atoms with van der Waals surface area (Å²) in [5, 5.41) is 0. The van der Waals surface area contributed by atoms with Crippen molar-refractivity contribution in [1.82, 2.24) is 4.90 Å². The number of nitrogens with zero attached hydrogens (tertiary/aromatic N) is 1. The largest absolute Gasteiger partial charge is 0.383 e. The van der Waals surface area contributed by atoms with E-state index in [2.05, 4.69) is 0 Å². The molecule has 0 aromatic heterocycles. The number of carbonyl (C=O) groups is 1. The van der Waals surface area contributed by atoms with Crippen LogP contribution in [0.1, 0.15) is 0 Å².